The van der Waals surface area contributed by atoms with Gasteiger partial charge in [0.25, 0.3) is 0 Å². The van der Waals surface area contributed by atoms with Crippen LogP contribution in [0.5, 0.6) is 0 Å². The van der Waals surface area contributed by atoms with Gasteiger partial charge in [0.1, 0.15) is 5.54 Å². The van der Waals surface area contributed by atoms with Gasteiger partial charge in [-0.1, -0.05) is 23.7 Å². The van der Waals surface area contributed by atoms with Crippen LogP contribution in [0.4, 0.5) is 0 Å². The second-order valence-corrected chi connectivity index (χ2v) is 5.70. The van der Waals surface area contributed by atoms with Crippen molar-refractivity contribution in [2.75, 3.05) is 0 Å². The lowest BCUT2D eigenvalue weighted by atomic mass is 9.86. The summed E-state index contributed by atoms with van der Waals surface area (Å²) >= 11 is 5.87. The molecule has 0 saturated heterocycles. The Labute approximate surface area is 121 Å². The minimum absolute atomic E-state index is 0.192. The van der Waals surface area contributed by atoms with Crippen LogP contribution in [0.25, 0.3) is 0 Å². The molecule has 0 heterocycles. The molecule has 0 aromatic heterocycles. The number of carboxylic acids is 2. The number of aliphatic carboxylic acids is 2. The minimum atomic E-state index is -1.49. The zero-order valence-electron chi connectivity index (χ0n) is 10.8. The van der Waals surface area contributed by atoms with Crippen LogP contribution >= 0.6 is 11.6 Å². The molecule has 1 fully saturated rings. The topological polar surface area (TPSA) is 101 Å². The minimum Gasteiger partial charge on any atom is -0.481 e. The molecule has 3 atom stereocenters. The molecule has 2 rings (SSSR count). The molecule has 0 spiro atoms. The average Bonchev–Trinajstić information content (AvgIpc) is 3.16. The van der Waals surface area contributed by atoms with E-state index < -0.39 is 29.3 Å². The Morgan fingerprint density at radius 3 is 2.60 bits per heavy atom. The fourth-order valence-corrected chi connectivity index (χ4v) is 2.74. The predicted octanol–water partition coefficient (Wildman–Crippen LogP) is 1.78. The quantitative estimate of drug-likeness (QED) is 0.743. The SMILES string of the molecule is N[C@@](CCc1cccc(Cl)c1)(C(=O)O)C1C[C@@H]1C(=O)O. The van der Waals surface area contributed by atoms with Gasteiger partial charge >= 0.3 is 11.9 Å². The van der Waals surface area contributed by atoms with E-state index in [-0.39, 0.29) is 6.42 Å². The molecule has 20 heavy (non-hydrogen) atoms. The molecule has 0 aliphatic heterocycles. The van der Waals surface area contributed by atoms with Gasteiger partial charge < -0.3 is 15.9 Å². The fraction of sp³-hybridized carbons (Fsp3) is 0.429. The molecule has 5 nitrogen and oxygen atoms in total. The Balaban J connectivity index is 2.07. The Kier molecular flexibility index (Phi) is 4.01. The van der Waals surface area contributed by atoms with E-state index in [2.05, 4.69) is 0 Å². The van der Waals surface area contributed by atoms with Crippen LogP contribution in [0.2, 0.25) is 5.02 Å². The second kappa shape index (κ2) is 5.42. The first-order valence-electron chi connectivity index (χ1n) is 6.34. The van der Waals surface area contributed by atoms with E-state index in [4.69, 9.17) is 22.4 Å². The highest BCUT2D eigenvalue weighted by Gasteiger charge is 2.57. The van der Waals surface area contributed by atoms with Crippen molar-refractivity contribution in [1.82, 2.24) is 0 Å². The van der Waals surface area contributed by atoms with Crippen molar-refractivity contribution in [3.63, 3.8) is 0 Å². The summed E-state index contributed by atoms with van der Waals surface area (Å²) in [5, 5.41) is 18.8. The smallest absolute Gasteiger partial charge is 0.324 e. The summed E-state index contributed by atoms with van der Waals surface area (Å²) in [4.78, 5) is 22.3. The van der Waals surface area contributed by atoms with Crippen LogP contribution in [-0.4, -0.2) is 27.7 Å². The Bertz CT molecular complexity index is 548. The lowest BCUT2D eigenvalue weighted by Crippen LogP contribution is -2.51. The number of hydrogen-bond donors (Lipinski definition) is 3. The highest BCUT2D eigenvalue weighted by atomic mass is 35.5. The molecule has 6 heteroatoms. The molecule has 108 valence electrons. The maximum atomic E-state index is 11.4. The molecule has 1 aromatic rings. The van der Waals surface area contributed by atoms with Gasteiger partial charge in [0.15, 0.2) is 0 Å². The number of aryl methyl sites for hydroxylation is 1. The molecule has 1 unspecified atom stereocenters. The first-order chi connectivity index (χ1) is 9.34. The van der Waals surface area contributed by atoms with Crippen molar-refractivity contribution in [2.45, 2.75) is 24.8 Å². The van der Waals surface area contributed by atoms with E-state index >= 15 is 0 Å². The predicted molar refractivity (Wildman–Crippen MR) is 73.6 cm³/mol. The zero-order chi connectivity index (χ0) is 14.9. The lowest BCUT2D eigenvalue weighted by molar-refractivity contribution is -0.145. The van der Waals surface area contributed by atoms with E-state index in [9.17, 15) is 14.7 Å². The average molecular weight is 298 g/mol. The molecular weight excluding hydrogens is 282 g/mol. The van der Waals surface area contributed by atoms with Gasteiger partial charge in [-0.25, -0.2) is 0 Å². The van der Waals surface area contributed by atoms with Crippen LogP contribution < -0.4 is 5.73 Å². The van der Waals surface area contributed by atoms with Crippen molar-refractivity contribution in [3.05, 3.63) is 34.9 Å². The highest BCUT2D eigenvalue weighted by molar-refractivity contribution is 6.30. The van der Waals surface area contributed by atoms with Gasteiger partial charge in [0, 0.05) is 10.9 Å². The van der Waals surface area contributed by atoms with Crippen LogP contribution in [-0.2, 0) is 16.0 Å². The van der Waals surface area contributed by atoms with Crippen molar-refractivity contribution >= 4 is 23.5 Å². The van der Waals surface area contributed by atoms with Gasteiger partial charge in [-0.2, -0.15) is 0 Å². The van der Waals surface area contributed by atoms with Crippen molar-refractivity contribution in [3.8, 4) is 0 Å². The number of rotatable bonds is 6. The summed E-state index contributed by atoms with van der Waals surface area (Å²) in [5.74, 6) is -3.27. The molecule has 1 aliphatic carbocycles. The molecule has 0 bridgehead atoms. The van der Waals surface area contributed by atoms with E-state index in [1.807, 2.05) is 6.07 Å². The summed E-state index contributed by atoms with van der Waals surface area (Å²) in [5.41, 5.74) is 5.36. The number of carboxylic acid groups (broad SMARTS) is 2. The summed E-state index contributed by atoms with van der Waals surface area (Å²) in [7, 11) is 0. The van der Waals surface area contributed by atoms with E-state index in [0.717, 1.165) is 5.56 Å². The molecule has 0 radical (unpaired) electrons. The van der Waals surface area contributed by atoms with E-state index in [1.165, 1.54) is 0 Å². The number of carbonyl (C=O) groups is 2. The molecule has 1 aromatic carbocycles. The molecule has 0 amide bonds. The lowest BCUT2D eigenvalue weighted by Gasteiger charge is -2.25. The third-order valence-electron chi connectivity index (χ3n) is 3.88. The first-order valence-corrected chi connectivity index (χ1v) is 6.72. The largest absolute Gasteiger partial charge is 0.481 e. The van der Waals surface area contributed by atoms with Crippen LogP contribution in [0, 0.1) is 11.8 Å². The van der Waals surface area contributed by atoms with Crippen molar-refractivity contribution < 1.29 is 19.8 Å². The third-order valence-corrected chi connectivity index (χ3v) is 4.12. The first kappa shape index (κ1) is 14.8. The highest BCUT2D eigenvalue weighted by Crippen LogP contribution is 2.47. The van der Waals surface area contributed by atoms with E-state index in [1.54, 1.807) is 18.2 Å². The van der Waals surface area contributed by atoms with E-state index in [0.29, 0.717) is 17.9 Å². The van der Waals surface area contributed by atoms with Gasteiger partial charge in [0.05, 0.1) is 5.92 Å². The normalized spacial score (nSPS) is 23.9. The van der Waals surface area contributed by atoms with Gasteiger partial charge in [-0.3, -0.25) is 9.59 Å². The third kappa shape index (κ3) is 2.94. The number of nitrogens with two attached hydrogens (primary N) is 1. The number of halogens is 1. The molecule has 1 saturated carbocycles. The molecule has 4 N–H and O–H groups in total. The number of hydrogen-bond acceptors (Lipinski definition) is 3. The summed E-state index contributed by atoms with van der Waals surface area (Å²) in [6.45, 7) is 0. The molecule has 1 aliphatic rings. The Morgan fingerprint density at radius 2 is 2.10 bits per heavy atom. The summed E-state index contributed by atoms with van der Waals surface area (Å²) in [6, 6.07) is 7.12. The summed E-state index contributed by atoms with van der Waals surface area (Å²) < 4.78 is 0. The summed E-state index contributed by atoms with van der Waals surface area (Å²) in [6.07, 6.45) is 0.969. The van der Waals surface area contributed by atoms with Gasteiger partial charge in [-0.05, 0) is 37.0 Å². The van der Waals surface area contributed by atoms with Crippen molar-refractivity contribution in [2.24, 2.45) is 17.6 Å². The standard InChI is InChI=1S/C14H16ClNO4/c15-9-3-1-2-8(6-9)4-5-14(16,13(19)20)11-7-10(11)12(17)18/h1-3,6,10-11H,4-5,7,16H2,(H,17,18)(H,19,20)/t10-,11?,14+/m0/s1. The van der Waals surface area contributed by atoms with Gasteiger partial charge in [0.2, 0.25) is 0 Å². The monoisotopic (exact) mass is 297 g/mol. The van der Waals surface area contributed by atoms with Crippen LogP contribution in [0.3, 0.4) is 0 Å². The fourth-order valence-electron chi connectivity index (χ4n) is 2.53. The second-order valence-electron chi connectivity index (χ2n) is 5.26. The van der Waals surface area contributed by atoms with Crippen LogP contribution in [0.1, 0.15) is 18.4 Å². The van der Waals surface area contributed by atoms with Crippen LogP contribution in [0.15, 0.2) is 24.3 Å². The maximum absolute atomic E-state index is 11.4. The number of benzene rings is 1. The van der Waals surface area contributed by atoms with Gasteiger partial charge in [-0.15, -0.1) is 0 Å². The van der Waals surface area contributed by atoms with Crippen molar-refractivity contribution in [1.29, 1.82) is 0 Å². The Morgan fingerprint density at radius 1 is 1.40 bits per heavy atom. The zero-order valence-corrected chi connectivity index (χ0v) is 11.5. The Hall–Kier alpha value is -1.59. The maximum Gasteiger partial charge on any atom is 0.324 e. The molecular formula is C14H16ClNO4.